The molecule has 5 heteroatoms. The third-order valence-corrected chi connectivity index (χ3v) is 4.19. The summed E-state index contributed by atoms with van der Waals surface area (Å²) in [4.78, 5) is 24.0. The highest BCUT2D eigenvalue weighted by Gasteiger charge is 2.20. The molecule has 20 heavy (non-hydrogen) atoms. The van der Waals surface area contributed by atoms with Gasteiger partial charge in [-0.25, -0.2) is 4.79 Å². The zero-order chi connectivity index (χ0) is 15.1. The Bertz CT molecular complexity index is 333. The van der Waals surface area contributed by atoms with E-state index in [4.69, 9.17) is 5.11 Å². The molecule has 0 aromatic heterocycles. The van der Waals surface area contributed by atoms with Crippen molar-refractivity contribution < 1.29 is 14.7 Å². The van der Waals surface area contributed by atoms with E-state index in [1.54, 1.807) is 14.0 Å². The molecule has 0 aliphatic heterocycles. The summed E-state index contributed by atoms with van der Waals surface area (Å²) in [5.74, 6) is 0.122. The van der Waals surface area contributed by atoms with Crippen LogP contribution in [0, 0.1) is 17.8 Å². The minimum Gasteiger partial charge on any atom is -0.481 e. The number of nitrogens with zero attached hydrogens (tertiary/aromatic N) is 1. The van der Waals surface area contributed by atoms with Gasteiger partial charge in [-0.15, -0.1) is 0 Å². The van der Waals surface area contributed by atoms with Crippen LogP contribution in [0.25, 0.3) is 0 Å². The van der Waals surface area contributed by atoms with Crippen molar-refractivity contribution in [3.8, 4) is 0 Å². The Morgan fingerprint density at radius 2 is 2.10 bits per heavy atom. The summed E-state index contributed by atoms with van der Waals surface area (Å²) >= 11 is 0. The standard InChI is InChI=1S/C15H28N2O3/c1-11-5-4-6-13(9-11)7-8-16-15(20)17(3)10-12(2)14(18)19/h11-13H,4-10H2,1-3H3,(H,16,20)(H,18,19). The lowest BCUT2D eigenvalue weighted by molar-refractivity contribution is -0.141. The Balaban J connectivity index is 2.20. The van der Waals surface area contributed by atoms with Gasteiger partial charge in [-0.3, -0.25) is 4.79 Å². The van der Waals surface area contributed by atoms with Crippen LogP contribution in [0.5, 0.6) is 0 Å². The van der Waals surface area contributed by atoms with Gasteiger partial charge < -0.3 is 15.3 Å². The predicted molar refractivity (Wildman–Crippen MR) is 78.6 cm³/mol. The fourth-order valence-electron chi connectivity index (χ4n) is 2.91. The monoisotopic (exact) mass is 284 g/mol. The maximum Gasteiger partial charge on any atom is 0.317 e. The van der Waals surface area contributed by atoms with E-state index in [-0.39, 0.29) is 12.6 Å². The minimum atomic E-state index is -0.874. The summed E-state index contributed by atoms with van der Waals surface area (Å²) in [6.07, 6.45) is 6.20. The second kappa shape index (κ2) is 8.12. The van der Waals surface area contributed by atoms with Crippen LogP contribution in [0.2, 0.25) is 0 Å². The first-order valence-electron chi connectivity index (χ1n) is 7.62. The van der Waals surface area contributed by atoms with E-state index in [9.17, 15) is 9.59 Å². The number of aliphatic carboxylic acids is 1. The molecule has 1 aliphatic carbocycles. The Hall–Kier alpha value is -1.26. The molecule has 0 bridgehead atoms. The normalized spacial score (nSPS) is 23.9. The number of hydrogen-bond acceptors (Lipinski definition) is 2. The summed E-state index contributed by atoms with van der Waals surface area (Å²) in [7, 11) is 1.64. The van der Waals surface area contributed by atoms with Crippen LogP contribution in [0.15, 0.2) is 0 Å². The van der Waals surface area contributed by atoms with Crippen LogP contribution in [0.4, 0.5) is 4.79 Å². The highest BCUT2D eigenvalue weighted by molar-refractivity contribution is 5.75. The number of carboxylic acids is 1. The topological polar surface area (TPSA) is 69.6 Å². The van der Waals surface area contributed by atoms with E-state index in [1.165, 1.54) is 30.6 Å². The van der Waals surface area contributed by atoms with E-state index >= 15 is 0 Å². The molecule has 0 radical (unpaired) electrons. The largest absolute Gasteiger partial charge is 0.481 e. The smallest absolute Gasteiger partial charge is 0.317 e. The first kappa shape index (κ1) is 16.8. The lowest BCUT2D eigenvalue weighted by Gasteiger charge is -2.27. The Labute approximate surface area is 121 Å². The van der Waals surface area contributed by atoms with Crippen LogP contribution in [-0.2, 0) is 4.79 Å². The molecule has 0 saturated heterocycles. The molecule has 3 unspecified atom stereocenters. The van der Waals surface area contributed by atoms with Crippen LogP contribution >= 0.6 is 0 Å². The van der Waals surface area contributed by atoms with Gasteiger partial charge in [-0.2, -0.15) is 0 Å². The fourth-order valence-corrected chi connectivity index (χ4v) is 2.91. The van der Waals surface area contributed by atoms with Gasteiger partial charge in [0.1, 0.15) is 0 Å². The highest BCUT2D eigenvalue weighted by Crippen LogP contribution is 2.30. The summed E-state index contributed by atoms with van der Waals surface area (Å²) in [6, 6.07) is -0.179. The van der Waals surface area contributed by atoms with Crippen LogP contribution in [0.1, 0.15) is 46.0 Å². The minimum absolute atomic E-state index is 0.179. The highest BCUT2D eigenvalue weighted by atomic mass is 16.4. The first-order chi connectivity index (χ1) is 9.40. The predicted octanol–water partition coefficient (Wildman–Crippen LogP) is 2.56. The molecule has 0 aromatic rings. The van der Waals surface area contributed by atoms with Gasteiger partial charge in [0.15, 0.2) is 0 Å². The maximum absolute atomic E-state index is 11.8. The van der Waals surface area contributed by atoms with Crippen molar-refractivity contribution in [2.75, 3.05) is 20.1 Å². The van der Waals surface area contributed by atoms with E-state index in [1.807, 2.05) is 0 Å². The van der Waals surface area contributed by atoms with E-state index < -0.39 is 11.9 Å². The van der Waals surface area contributed by atoms with E-state index in [2.05, 4.69) is 12.2 Å². The molecule has 2 N–H and O–H groups in total. The van der Waals surface area contributed by atoms with Crippen molar-refractivity contribution in [3.05, 3.63) is 0 Å². The third-order valence-electron chi connectivity index (χ3n) is 4.19. The van der Waals surface area contributed by atoms with Gasteiger partial charge in [0.05, 0.1) is 5.92 Å². The molecule has 0 aromatic carbocycles. The number of amides is 2. The number of urea groups is 1. The van der Waals surface area contributed by atoms with E-state index in [0.29, 0.717) is 6.54 Å². The molecule has 0 heterocycles. The van der Waals surface area contributed by atoms with E-state index in [0.717, 1.165) is 18.3 Å². The third kappa shape index (κ3) is 5.80. The second-order valence-corrected chi connectivity index (χ2v) is 6.28. The summed E-state index contributed by atoms with van der Waals surface area (Å²) in [5.41, 5.74) is 0. The molecule has 1 rings (SSSR count). The van der Waals surface area contributed by atoms with Crippen LogP contribution in [-0.4, -0.2) is 42.1 Å². The SMILES string of the molecule is CC1CCCC(CCNC(=O)N(C)CC(C)C(=O)O)C1. The summed E-state index contributed by atoms with van der Waals surface area (Å²) in [6.45, 7) is 4.82. The molecule has 1 fully saturated rings. The molecule has 3 atom stereocenters. The lowest BCUT2D eigenvalue weighted by atomic mass is 9.81. The average Bonchev–Trinajstić information content (AvgIpc) is 2.38. The second-order valence-electron chi connectivity index (χ2n) is 6.28. The van der Waals surface area contributed by atoms with Crippen molar-refractivity contribution in [2.45, 2.75) is 46.0 Å². The fraction of sp³-hybridized carbons (Fsp3) is 0.867. The maximum atomic E-state index is 11.8. The van der Waals surface area contributed by atoms with Crippen LogP contribution in [0.3, 0.4) is 0 Å². The number of carbonyl (C=O) groups excluding carboxylic acids is 1. The van der Waals surface area contributed by atoms with Gasteiger partial charge >= 0.3 is 12.0 Å². The van der Waals surface area contributed by atoms with Gasteiger partial charge in [0.25, 0.3) is 0 Å². The molecule has 2 amide bonds. The van der Waals surface area contributed by atoms with Crippen LogP contribution < -0.4 is 5.32 Å². The number of carboxylic acid groups (broad SMARTS) is 1. The Morgan fingerprint density at radius 1 is 1.40 bits per heavy atom. The zero-order valence-electron chi connectivity index (χ0n) is 12.9. The number of hydrogen-bond donors (Lipinski definition) is 2. The number of rotatable bonds is 6. The van der Waals surface area contributed by atoms with Crippen molar-refractivity contribution in [3.63, 3.8) is 0 Å². The average molecular weight is 284 g/mol. The summed E-state index contributed by atoms with van der Waals surface area (Å²) in [5, 5.41) is 11.7. The van der Waals surface area contributed by atoms with Crippen molar-refractivity contribution in [2.24, 2.45) is 17.8 Å². The van der Waals surface area contributed by atoms with Crippen molar-refractivity contribution >= 4 is 12.0 Å². The molecule has 1 saturated carbocycles. The van der Waals surface area contributed by atoms with Gasteiger partial charge in [0, 0.05) is 20.1 Å². The Kier molecular flexibility index (Phi) is 6.82. The molecular weight excluding hydrogens is 256 g/mol. The summed E-state index contributed by atoms with van der Waals surface area (Å²) < 4.78 is 0. The van der Waals surface area contributed by atoms with Crippen molar-refractivity contribution in [1.29, 1.82) is 0 Å². The number of nitrogens with one attached hydrogen (secondary N) is 1. The van der Waals surface area contributed by atoms with Gasteiger partial charge in [-0.05, 0) is 24.7 Å². The molecule has 116 valence electrons. The number of carbonyl (C=O) groups is 2. The quantitative estimate of drug-likeness (QED) is 0.787. The molecule has 0 spiro atoms. The Morgan fingerprint density at radius 3 is 2.70 bits per heavy atom. The first-order valence-corrected chi connectivity index (χ1v) is 7.62. The van der Waals surface area contributed by atoms with Gasteiger partial charge in [-0.1, -0.05) is 33.1 Å². The lowest BCUT2D eigenvalue weighted by Crippen LogP contribution is -2.41. The van der Waals surface area contributed by atoms with Crippen molar-refractivity contribution in [1.82, 2.24) is 10.2 Å². The zero-order valence-corrected chi connectivity index (χ0v) is 12.9. The molecule has 5 nitrogen and oxygen atoms in total. The van der Waals surface area contributed by atoms with Gasteiger partial charge in [0.2, 0.25) is 0 Å². The molecule has 1 aliphatic rings. The molecular formula is C15H28N2O3.